The van der Waals surface area contributed by atoms with E-state index in [9.17, 15) is 27.1 Å². The van der Waals surface area contributed by atoms with Gasteiger partial charge in [-0.2, -0.15) is 0 Å². The summed E-state index contributed by atoms with van der Waals surface area (Å²) in [6.45, 7) is 0.540. The van der Waals surface area contributed by atoms with E-state index in [1.54, 1.807) is 6.92 Å². The number of amides is 1. The Morgan fingerprint density at radius 3 is 2.48 bits per heavy atom. The number of benzene rings is 1. The lowest BCUT2D eigenvalue weighted by molar-refractivity contribution is -0.166. The largest absolute Gasteiger partial charge is 0.380 e. The molecule has 0 atom stereocenters. The van der Waals surface area contributed by atoms with Gasteiger partial charge in [-0.1, -0.05) is 11.6 Å². The number of hydrogen-bond donors (Lipinski definition) is 2. The number of nitrogens with zero attached hydrogens (tertiary/aromatic N) is 1. The van der Waals surface area contributed by atoms with E-state index < -0.39 is 41.0 Å². The van der Waals surface area contributed by atoms with Gasteiger partial charge in [-0.25, -0.2) is 22.3 Å². The zero-order valence-electron chi connectivity index (χ0n) is 11.1. The maximum atomic E-state index is 12.5. The van der Waals surface area contributed by atoms with Crippen molar-refractivity contribution in [2.24, 2.45) is 5.14 Å². The number of primary sulfonamides is 1. The van der Waals surface area contributed by atoms with Crippen LogP contribution in [0.15, 0.2) is 23.1 Å². The first-order valence-corrected chi connectivity index (χ1v) is 7.52. The lowest BCUT2D eigenvalue weighted by Gasteiger charge is -2.45. The molecule has 0 unspecified atom stereocenters. The number of carbonyl (C=O) groups excluding carboxylic acids is 1. The maximum absolute atomic E-state index is 12.5. The lowest BCUT2D eigenvalue weighted by Crippen LogP contribution is -2.67. The van der Waals surface area contributed by atoms with E-state index >= 15 is 0 Å². The third kappa shape index (κ3) is 2.89. The van der Waals surface area contributed by atoms with Crippen LogP contribution >= 0.6 is 0 Å². The van der Waals surface area contributed by atoms with Crippen LogP contribution in [0.2, 0.25) is 0 Å². The standard InChI is InChI=1S/C12H14F2N2O4S/c1-7-2-3-9(21(15,19)20)8(4-7)10(17)16-5-12(18,6-16)11(13)14/h2-4,11,18H,5-6H2,1H3,(H2,15,19,20). The summed E-state index contributed by atoms with van der Waals surface area (Å²) in [7, 11) is -4.12. The molecule has 1 aliphatic heterocycles. The molecule has 2 rings (SSSR count). The van der Waals surface area contributed by atoms with Gasteiger partial charge >= 0.3 is 0 Å². The molecule has 1 aliphatic rings. The van der Waals surface area contributed by atoms with Gasteiger partial charge in [0.25, 0.3) is 12.3 Å². The van der Waals surface area contributed by atoms with Gasteiger partial charge < -0.3 is 10.0 Å². The molecule has 1 saturated heterocycles. The highest BCUT2D eigenvalue weighted by Crippen LogP contribution is 2.30. The van der Waals surface area contributed by atoms with Crippen molar-refractivity contribution in [3.8, 4) is 0 Å². The average molecular weight is 320 g/mol. The van der Waals surface area contributed by atoms with Crippen molar-refractivity contribution in [2.45, 2.75) is 23.8 Å². The van der Waals surface area contributed by atoms with E-state index in [-0.39, 0.29) is 10.5 Å². The molecule has 0 radical (unpaired) electrons. The molecule has 0 aliphatic carbocycles. The first-order valence-electron chi connectivity index (χ1n) is 5.98. The summed E-state index contributed by atoms with van der Waals surface area (Å²) in [6.07, 6.45) is -2.98. The van der Waals surface area contributed by atoms with Crippen LogP contribution < -0.4 is 5.14 Å². The van der Waals surface area contributed by atoms with Crippen LogP contribution in [0.3, 0.4) is 0 Å². The summed E-state index contributed by atoms with van der Waals surface area (Å²) in [5.41, 5.74) is -1.80. The monoisotopic (exact) mass is 320 g/mol. The van der Waals surface area contributed by atoms with Crippen molar-refractivity contribution in [3.05, 3.63) is 29.3 Å². The van der Waals surface area contributed by atoms with Crippen molar-refractivity contribution in [2.75, 3.05) is 13.1 Å². The van der Waals surface area contributed by atoms with Crippen LogP contribution in [-0.4, -0.2) is 49.4 Å². The fourth-order valence-electron chi connectivity index (χ4n) is 2.13. The van der Waals surface area contributed by atoms with Gasteiger partial charge in [-0.05, 0) is 19.1 Å². The number of nitrogens with two attached hydrogens (primary N) is 1. The molecule has 0 bridgehead atoms. The van der Waals surface area contributed by atoms with E-state index in [0.29, 0.717) is 5.56 Å². The van der Waals surface area contributed by atoms with Crippen LogP contribution in [0.25, 0.3) is 0 Å². The smallest absolute Gasteiger partial charge is 0.270 e. The summed E-state index contributed by atoms with van der Waals surface area (Å²) in [6, 6.07) is 3.99. The molecule has 1 amide bonds. The number of aryl methyl sites for hydroxylation is 1. The second kappa shape index (κ2) is 5.00. The molecule has 1 fully saturated rings. The first kappa shape index (κ1) is 15.8. The molecule has 3 N–H and O–H groups in total. The minimum absolute atomic E-state index is 0.186. The van der Waals surface area contributed by atoms with Crippen LogP contribution in [0, 0.1) is 6.92 Å². The lowest BCUT2D eigenvalue weighted by atomic mass is 9.93. The molecule has 1 aromatic carbocycles. The number of likely N-dealkylation sites (tertiary alicyclic amines) is 1. The van der Waals surface area contributed by atoms with Crippen molar-refractivity contribution >= 4 is 15.9 Å². The van der Waals surface area contributed by atoms with Crippen LogP contribution in [-0.2, 0) is 10.0 Å². The number of hydrogen-bond acceptors (Lipinski definition) is 4. The summed E-state index contributed by atoms with van der Waals surface area (Å²) in [4.78, 5) is 12.8. The average Bonchev–Trinajstić information content (AvgIpc) is 2.32. The molecule has 6 nitrogen and oxygen atoms in total. The number of rotatable bonds is 3. The predicted molar refractivity (Wildman–Crippen MR) is 69.4 cm³/mol. The summed E-state index contributed by atoms with van der Waals surface area (Å²) >= 11 is 0. The highest BCUT2D eigenvalue weighted by Gasteiger charge is 2.51. The molecule has 1 aromatic rings. The Hall–Kier alpha value is -1.58. The van der Waals surface area contributed by atoms with E-state index in [4.69, 9.17) is 5.14 Å². The normalized spacial score (nSPS) is 17.7. The number of aliphatic hydroxyl groups is 1. The Morgan fingerprint density at radius 1 is 1.43 bits per heavy atom. The number of β-amino-alcohol motifs (C(OH)–C–C–N with tert-alkyl or cyclic N) is 1. The molecule has 9 heteroatoms. The van der Waals surface area contributed by atoms with E-state index in [2.05, 4.69) is 0 Å². The highest BCUT2D eigenvalue weighted by atomic mass is 32.2. The second-order valence-electron chi connectivity index (χ2n) is 5.11. The Morgan fingerprint density at radius 2 is 2.00 bits per heavy atom. The van der Waals surface area contributed by atoms with Gasteiger partial charge in [-0.3, -0.25) is 4.79 Å². The number of halogens is 2. The van der Waals surface area contributed by atoms with Crippen molar-refractivity contribution < 1.29 is 27.1 Å². The minimum atomic E-state index is -4.12. The number of alkyl halides is 2. The summed E-state index contributed by atoms with van der Waals surface area (Å²) in [5, 5.41) is 14.5. The number of sulfonamides is 1. The summed E-state index contributed by atoms with van der Waals surface area (Å²) in [5.74, 6) is -0.756. The Bertz CT molecular complexity index is 684. The maximum Gasteiger partial charge on any atom is 0.270 e. The topological polar surface area (TPSA) is 101 Å². The Labute approximate surface area is 120 Å². The van der Waals surface area contributed by atoms with Crippen molar-refractivity contribution in [3.63, 3.8) is 0 Å². The van der Waals surface area contributed by atoms with Crippen LogP contribution in [0.4, 0.5) is 8.78 Å². The van der Waals surface area contributed by atoms with Gasteiger partial charge in [0.1, 0.15) is 0 Å². The molecule has 116 valence electrons. The van der Waals surface area contributed by atoms with Crippen LogP contribution in [0.5, 0.6) is 0 Å². The van der Waals surface area contributed by atoms with Crippen LogP contribution in [0.1, 0.15) is 15.9 Å². The molecule has 1 heterocycles. The molecular weight excluding hydrogens is 306 g/mol. The quantitative estimate of drug-likeness (QED) is 0.824. The fourth-order valence-corrected chi connectivity index (χ4v) is 2.84. The SMILES string of the molecule is Cc1ccc(S(N)(=O)=O)c(C(=O)N2CC(O)(C(F)F)C2)c1. The second-order valence-corrected chi connectivity index (χ2v) is 6.64. The Balaban J connectivity index is 2.32. The van der Waals surface area contributed by atoms with Gasteiger partial charge in [0, 0.05) is 0 Å². The third-order valence-electron chi connectivity index (χ3n) is 3.29. The first-order chi connectivity index (χ1) is 9.54. The molecule has 0 aromatic heterocycles. The summed E-state index contributed by atoms with van der Waals surface area (Å²) < 4.78 is 48.0. The zero-order valence-corrected chi connectivity index (χ0v) is 11.9. The molecule has 0 saturated carbocycles. The minimum Gasteiger partial charge on any atom is -0.380 e. The highest BCUT2D eigenvalue weighted by molar-refractivity contribution is 7.89. The Kier molecular flexibility index (Phi) is 3.77. The van der Waals surface area contributed by atoms with E-state index in [0.717, 1.165) is 4.90 Å². The zero-order chi connectivity index (χ0) is 16.0. The van der Waals surface area contributed by atoms with Gasteiger partial charge in [0.2, 0.25) is 10.0 Å². The van der Waals surface area contributed by atoms with Gasteiger partial charge in [-0.15, -0.1) is 0 Å². The molecule has 0 spiro atoms. The van der Waals surface area contributed by atoms with Gasteiger partial charge in [0.05, 0.1) is 23.5 Å². The third-order valence-corrected chi connectivity index (χ3v) is 4.26. The molecule has 21 heavy (non-hydrogen) atoms. The van der Waals surface area contributed by atoms with E-state index in [1.165, 1.54) is 18.2 Å². The molecular formula is C12H14F2N2O4S. The van der Waals surface area contributed by atoms with Gasteiger partial charge in [0.15, 0.2) is 5.60 Å². The van der Waals surface area contributed by atoms with Crippen molar-refractivity contribution in [1.82, 2.24) is 4.90 Å². The fraction of sp³-hybridized carbons (Fsp3) is 0.417. The van der Waals surface area contributed by atoms with Crippen molar-refractivity contribution in [1.29, 1.82) is 0 Å². The number of carbonyl (C=O) groups is 1. The van der Waals surface area contributed by atoms with E-state index in [1.807, 2.05) is 0 Å². The predicted octanol–water partition coefficient (Wildman–Crippen LogP) is 0.0944.